The van der Waals surface area contributed by atoms with Crippen LogP contribution in [-0.4, -0.2) is 9.59 Å². The zero-order valence-electron chi connectivity index (χ0n) is 11.2. The summed E-state index contributed by atoms with van der Waals surface area (Å²) in [5.74, 6) is 0.614. The number of nitrogens with zero attached hydrogens (tertiary/aromatic N) is 2. The molecular weight excluding hydrogens is 254 g/mol. The Morgan fingerprint density at radius 1 is 1.42 bits per heavy atom. The van der Waals surface area contributed by atoms with E-state index in [0.29, 0.717) is 5.92 Å². The van der Waals surface area contributed by atoms with Crippen molar-refractivity contribution in [2.24, 2.45) is 5.73 Å². The van der Waals surface area contributed by atoms with Crippen LogP contribution < -0.4 is 5.73 Å². The van der Waals surface area contributed by atoms with Crippen molar-refractivity contribution in [1.82, 2.24) is 9.59 Å². The Morgan fingerprint density at radius 2 is 2.26 bits per heavy atom. The smallest absolute Gasteiger partial charge is 0.0803 e. The fourth-order valence-electron chi connectivity index (χ4n) is 2.89. The van der Waals surface area contributed by atoms with E-state index >= 15 is 0 Å². The lowest BCUT2D eigenvalue weighted by atomic mass is 9.74. The van der Waals surface area contributed by atoms with Gasteiger partial charge in [0.1, 0.15) is 0 Å². The van der Waals surface area contributed by atoms with Gasteiger partial charge in [-0.1, -0.05) is 42.1 Å². The largest absolute Gasteiger partial charge is 0.323 e. The lowest BCUT2D eigenvalue weighted by molar-refractivity contribution is 0.500. The molecule has 4 heteroatoms. The summed E-state index contributed by atoms with van der Waals surface area (Å²) in [5.41, 5.74) is 10.4. The lowest BCUT2D eigenvalue weighted by Crippen LogP contribution is -2.22. The van der Waals surface area contributed by atoms with Gasteiger partial charge in [-0.15, -0.1) is 5.10 Å². The lowest BCUT2D eigenvalue weighted by Gasteiger charge is -2.31. The second-order valence-electron chi connectivity index (χ2n) is 5.28. The van der Waals surface area contributed by atoms with E-state index in [1.54, 1.807) is 0 Å². The fourth-order valence-corrected chi connectivity index (χ4v) is 3.60. The highest BCUT2D eigenvalue weighted by Gasteiger charge is 2.28. The number of fused-ring (bicyclic) bond motifs is 1. The van der Waals surface area contributed by atoms with E-state index < -0.39 is 0 Å². The van der Waals surface area contributed by atoms with Crippen molar-refractivity contribution in [1.29, 1.82) is 0 Å². The van der Waals surface area contributed by atoms with Gasteiger partial charge in [-0.2, -0.15) is 0 Å². The van der Waals surface area contributed by atoms with Crippen molar-refractivity contribution in [2.45, 2.75) is 44.6 Å². The quantitative estimate of drug-likeness (QED) is 0.910. The van der Waals surface area contributed by atoms with E-state index in [1.165, 1.54) is 34.0 Å². The van der Waals surface area contributed by atoms with E-state index in [-0.39, 0.29) is 6.04 Å². The Morgan fingerprint density at radius 3 is 3.05 bits per heavy atom. The number of hydrogen-bond donors (Lipinski definition) is 1. The Bertz CT molecular complexity index is 564. The summed E-state index contributed by atoms with van der Waals surface area (Å²) in [6.45, 7) is 2.16. The number of nitrogens with two attached hydrogens (primary N) is 1. The van der Waals surface area contributed by atoms with Gasteiger partial charge in [-0.05, 0) is 47.8 Å². The first-order valence-electron chi connectivity index (χ1n) is 6.94. The molecule has 1 aromatic heterocycles. The number of aryl methyl sites for hydroxylation is 1. The molecule has 0 aliphatic heterocycles. The molecule has 0 saturated heterocycles. The second-order valence-corrected chi connectivity index (χ2v) is 6.06. The average molecular weight is 273 g/mol. The predicted molar refractivity (Wildman–Crippen MR) is 78.3 cm³/mol. The van der Waals surface area contributed by atoms with Crippen LogP contribution in [0.2, 0.25) is 0 Å². The van der Waals surface area contributed by atoms with Crippen molar-refractivity contribution in [3.63, 3.8) is 0 Å². The Hall–Kier alpha value is -1.26. The molecule has 1 aromatic carbocycles. The fraction of sp³-hybridized carbons (Fsp3) is 0.467. The topological polar surface area (TPSA) is 51.8 Å². The Kier molecular flexibility index (Phi) is 3.62. The van der Waals surface area contributed by atoms with Gasteiger partial charge in [0.25, 0.3) is 0 Å². The van der Waals surface area contributed by atoms with Gasteiger partial charge in [0, 0.05) is 6.04 Å². The molecule has 0 saturated carbocycles. The first kappa shape index (κ1) is 12.8. The normalized spacial score (nSPS) is 18.7. The molecule has 1 aliphatic rings. The monoisotopic (exact) mass is 273 g/mol. The zero-order chi connectivity index (χ0) is 13.2. The van der Waals surface area contributed by atoms with Gasteiger partial charge >= 0.3 is 0 Å². The van der Waals surface area contributed by atoms with Gasteiger partial charge in [-0.3, -0.25) is 0 Å². The van der Waals surface area contributed by atoms with Crippen molar-refractivity contribution < 1.29 is 0 Å². The minimum Gasteiger partial charge on any atom is -0.323 e. The van der Waals surface area contributed by atoms with Gasteiger partial charge in [0.15, 0.2) is 0 Å². The van der Waals surface area contributed by atoms with Gasteiger partial charge in [0.2, 0.25) is 0 Å². The van der Waals surface area contributed by atoms with E-state index in [1.807, 2.05) is 0 Å². The maximum absolute atomic E-state index is 6.37. The molecule has 0 spiro atoms. The van der Waals surface area contributed by atoms with Crippen LogP contribution in [0.3, 0.4) is 0 Å². The van der Waals surface area contributed by atoms with Gasteiger partial charge in [-0.25, -0.2) is 0 Å². The second kappa shape index (κ2) is 5.39. The van der Waals surface area contributed by atoms with Crippen LogP contribution in [0.1, 0.15) is 53.4 Å². The molecular formula is C15H19N3S. The van der Waals surface area contributed by atoms with E-state index in [4.69, 9.17) is 5.73 Å². The molecule has 2 unspecified atom stereocenters. The molecule has 0 amide bonds. The van der Waals surface area contributed by atoms with Crippen molar-refractivity contribution in [3.05, 3.63) is 46.0 Å². The molecule has 3 rings (SSSR count). The number of aromatic nitrogens is 2. The molecule has 19 heavy (non-hydrogen) atoms. The number of hydrogen-bond acceptors (Lipinski definition) is 4. The van der Waals surface area contributed by atoms with Crippen LogP contribution >= 0.6 is 11.5 Å². The maximum atomic E-state index is 6.37. The van der Waals surface area contributed by atoms with Crippen LogP contribution in [0.25, 0.3) is 0 Å². The van der Waals surface area contributed by atoms with Crippen molar-refractivity contribution in [3.8, 4) is 0 Å². The third-order valence-corrected chi connectivity index (χ3v) is 4.81. The molecule has 0 radical (unpaired) electrons. The van der Waals surface area contributed by atoms with E-state index in [0.717, 1.165) is 25.0 Å². The van der Waals surface area contributed by atoms with Crippen LogP contribution in [0, 0.1) is 0 Å². The maximum Gasteiger partial charge on any atom is 0.0803 e. The minimum atomic E-state index is 0.0832. The van der Waals surface area contributed by atoms with Crippen molar-refractivity contribution >= 4 is 11.5 Å². The Balaban J connectivity index is 1.69. The van der Waals surface area contributed by atoms with Crippen LogP contribution in [0.5, 0.6) is 0 Å². The van der Waals surface area contributed by atoms with E-state index in [2.05, 4.69) is 40.8 Å². The standard InChI is InChI=1S/C15H19N3S/c1-2-5-14-15(19-18-17-14)13(16)9-11-8-10-6-3-4-7-12(10)11/h3-4,6-7,11,13H,2,5,8-9,16H2,1H3. The SMILES string of the molecule is CCCc1nnsc1C(N)CC1Cc2ccccc21. The van der Waals surface area contributed by atoms with Crippen LogP contribution in [-0.2, 0) is 12.8 Å². The summed E-state index contributed by atoms with van der Waals surface area (Å²) in [7, 11) is 0. The predicted octanol–water partition coefficient (Wildman–Crippen LogP) is 3.22. The summed E-state index contributed by atoms with van der Waals surface area (Å²) in [4.78, 5) is 1.19. The first-order valence-corrected chi connectivity index (χ1v) is 7.71. The third kappa shape index (κ3) is 2.42. The summed E-state index contributed by atoms with van der Waals surface area (Å²) >= 11 is 1.47. The average Bonchev–Trinajstić information content (AvgIpc) is 2.84. The molecule has 1 aliphatic carbocycles. The summed E-state index contributed by atoms with van der Waals surface area (Å²) < 4.78 is 4.07. The highest BCUT2D eigenvalue weighted by atomic mass is 32.1. The van der Waals surface area contributed by atoms with Crippen LogP contribution in [0.15, 0.2) is 24.3 Å². The zero-order valence-corrected chi connectivity index (χ0v) is 12.0. The number of rotatable bonds is 5. The van der Waals surface area contributed by atoms with Gasteiger partial charge < -0.3 is 5.73 Å². The highest BCUT2D eigenvalue weighted by Crippen LogP contribution is 2.40. The van der Waals surface area contributed by atoms with Crippen LogP contribution in [0.4, 0.5) is 0 Å². The summed E-state index contributed by atoms with van der Waals surface area (Å²) in [6, 6.07) is 8.76. The molecule has 0 fully saturated rings. The highest BCUT2D eigenvalue weighted by molar-refractivity contribution is 7.05. The molecule has 2 atom stereocenters. The Labute approximate surface area is 118 Å². The molecule has 3 nitrogen and oxygen atoms in total. The van der Waals surface area contributed by atoms with Crippen molar-refractivity contribution in [2.75, 3.05) is 0 Å². The third-order valence-electron chi connectivity index (χ3n) is 3.91. The first-order chi connectivity index (χ1) is 9.29. The number of benzene rings is 1. The molecule has 0 bridgehead atoms. The molecule has 2 aromatic rings. The molecule has 1 heterocycles. The molecule has 100 valence electrons. The van der Waals surface area contributed by atoms with Gasteiger partial charge in [0.05, 0.1) is 10.6 Å². The summed E-state index contributed by atoms with van der Waals surface area (Å²) in [5, 5.41) is 4.21. The minimum absolute atomic E-state index is 0.0832. The molecule has 2 N–H and O–H groups in total. The van der Waals surface area contributed by atoms with E-state index in [9.17, 15) is 0 Å². The summed E-state index contributed by atoms with van der Waals surface area (Å²) in [6.07, 6.45) is 4.26.